The lowest BCUT2D eigenvalue weighted by molar-refractivity contribution is 0.0410. The highest BCUT2D eigenvalue weighted by Gasteiger charge is 2.13. The van der Waals surface area contributed by atoms with Crippen molar-refractivity contribution in [2.75, 3.05) is 38.6 Å². The van der Waals surface area contributed by atoms with Crippen LogP contribution in [0.3, 0.4) is 0 Å². The van der Waals surface area contributed by atoms with E-state index in [9.17, 15) is 0 Å². The fourth-order valence-electron chi connectivity index (χ4n) is 2.17. The number of morpholine rings is 1. The largest absolute Gasteiger partial charge is 0.379 e. The quantitative estimate of drug-likeness (QED) is 0.784. The van der Waals surface area contributed by atoms with Crippen molar-refractivity contribution < 1.29 is 4.74 Å². The maximum Gasteiger partial charge on any atom is 0.0594 e. The molecule has 1 aromatic carbocycles. The van der Waals surface area contributed by atoms with E-state index in [2.05, 4.69) is 49.9 Å². The van der Waals surface area contributed by atoms with E-state index in [1.54, 1.807) is 0 Å². The molecule has 0 aromatic heterocycles. The third-order valence-electron chi connectivity index (χ3n) is 3.50. The summed E-state index contributed by atoms with van der Waals surface area (Å²) in [6, 6.07) is 9.03. The van der Waals surface area contributed by atoms with Crippen LogP contribution in [0.5, 0.6) is 0 Å². The molecule has 0 atom stereocenters. The first-order chi connectivity index (χ1) is 9.05. The van der Waals surface area contributed by atoms with Gasteiger partial charge in [-0.1, -0.05) is 32.9 Å². The summed E-state index contributed by atoms with van der Waals surface area (Å²) in [6.07, 6.45) is 0. The average molecular weight is 316 g/mol. The van der Waals surface area contributed by atoms with Gasteiger partial charge in [0.25, 0.3) is 0 Å². The highest BCUT2D eigenvalue weighted by atomic mass is 35.5. The van der Waals surface area contributed by atoms with E-state index in [1.165, 1.54) is 10.5 Å². The van der Waals surface area contributed by atoms with E-state index in [0.29, 0.717) is 0 Å². The summed E-state index contributed by atoms with van der Waals surface area (Å²) in [6.45, 7) is 11.9. The minimum absolute atomic E-state index is 0. The fourth-order valence-corrected chi connectivity index (χ4v) is 3.08. The van der Waals surface area contributed by atoms with E-state index in [4.69, 9.17) is 4.74 Å². The minimum atomic E-state index is 0. The minimum Gasteiger partial charge on any atom is -0.379 e. The van der Waals surface area contributed by atoms with Crippen LogP contribution in [0.2, 0.25) is 0 Å². The maximum absolute atomic E-state index is 5.36. The zero-order valence-corrected chi connectivity index (χ0v) is 14.4. The SMILES string of the molecule is CC(C)(C)c1ccc(SCCN2CCOCC2)cc1.Cl. The molecule has 1 aromatic rings. The molecule has 1 heterocycles. The van der Waals surface area contributed by atoms with Crippen molar-refractivity contribution in [3.05, 3.63) is 29.8 Å². The molecule has 0 aliphatic carbocycles. The summed E-state index contributed by atoms with van der Waals surface area (Å²) in [5.74, 6) is 1.16. The van der Waals surface area contributed by atoms with Gasteiger partial charge in [0, 0.05) is 30.3 Å². The second-order valence-corrected chi connectivity index (χ2v) is 7.25. The maximum atomic E-state index is 5.36. The topological polar surface area (TPSA) is 12.5 Å². The summed E-state index contributed by atoms with van der Waals surface area (Å²) >= 11 is 1.95. The van der Waals surface area contributed by atoms with E-state index < -0.39 is 0 Å². The van der Waals surface area contributed by atoms with Crippen molar-refractivity contribution in [2.24, 2.45) is 0 Å². The Kier molecular flexibility index (Phi) is 7.38. The van der Waals surface area contributed by atoms with E-state index in [0.717, 1.165) is 38.6 Å². The Balaban J connectivity index is 0.00000200. The molecule has 1 aliphatic heterocycles. The number of ether oxygens (including phenoxy) is 1. The van der Waals surface area contributed by atoms with Gasteiger partial charge in [0.15, 0.2) is 0 Å². The van der Waals surface area contributed by atoms with E-state index in [-0.39, 0.29) is 17.8 Å². The molecule has 0 bridgehead atoms. The van der Waals surface area contributed by atoms with Gasteiger partial charge in [-0.3, -0.25) is 4.90 Å². The Morgan fingerprint density at radius 1 is 1.10 bits per heavy atom. The molecule has 0 spiro atoms. The zero-order chi connectivity index (χ0) is 13.7. The number of hydrogen-bond donors (Lipinski definition) is 0. The van der Waals surface area contributed by atoms with Crippen molar-refractivity contribution in [3.63, 3.8) is 0 Å². The van der Waals surface area contributed by atoms with Crippen molar-refractivity contribution in [2.45, 2.75) is 31.1 Å². The van der Waals surface area contributed by atoms with E-state index in [1.807, 2.05) is 11.8 Å². The highest BCUT2D eigenvalue weighted by molar-refractivity contribution is 7.99. The number of halogens is 1. The van der Waals surface area contributed by atoms with Crippen LogP contribution in [-0.4, -0.2) is 43.5 Å². The molecule has 114 valence electrons. The van der Waals surface area contributed by atoms with Gasteiger partial charge in [0.2, 0.25) is 0 Å². The lowest BCUT2D eigenvalue weighted by atomic mass is 9.87. The summed E-state index contributed by atoms with van der Waals surface area (Å²) in [7, 11) is 0. The summed E-state index contributed by atoms with van der Waals surface area (Å²) in [5.41, 5.74) is 1.65. The van der Waals surface area contributed by atoms with Gasteiger partial charge in [-0.25, -0.2) is 0 Å². The monoisotopic (exact) mass is 315 g/mol. The third kappa shape index (κ3) is 5.65. The Labute approximate surface area is 133 Å². The first-order valence-corrected chi connectivity index (χ1v) is 8.08. The Morgan fingerprint density at radius 2 is 1.70 bits per heavy atom. The number of benzene rings is 1. The van der Waals surface area contributed by atoms with Gasteiger partial charge in [0.05, 0.1) is 13.2 Å². The molecule has 2 rings (SSSR count). The smallest absolute Gasteiger partial charge is 0.0594 e. The Bertz CT molecular complexity index is 382. The molecular formula is C16H26ClNOS. The van der Waals surface area contributed by atoms with Crippen molar-refractivity contribution in [1.82, 2.24) is 4.90 Å². The lowest BCUT2D eigenvalue weighted by Gasteiger charge is -2.26. The fraction of sp³-hybridized carbons (Fsp3) is 0.625. The normalized spacial score (nSPS) is 16.8. The summed E-state index contributed by atoms with van der Waals surface area (Å²) in [4.78, 5) is 3.86. The van der Waals surface area contributed by atoms with Crippen LogP contribution >= 0.6 is 24.2 Å². The van der Waals surface area contributed by atoms with Crippen LogP contribution in [0, 0.1) is 0 Å². The third-order valence-corrected chi connectivity index (χ3v) is 4.49. The van der Waals surface area contributed by atoms with Crippen LogP contribution in [0.25, 0.3) is 0 Å². The van der Waals surface area contributed by atoms with E-state index >= 15 is 0 Å². The lowest BCUT2D eigenvalue weighted by Crippen LogP contribution is -2.37. The van der Waals surface area contributed by atoms with Gasteiger partial charge >= 0.3 is 0 Å². The molecule has 1 aliphatic rings. The molecule has 0 N–H and O–H groups in total. The number of rotatable bonds is 4. The molecule has 0 radical (unpaired) electrons. The molecule has 1 saturated heterocycles. The average Bonchev–Trinajstić information content (AvgIpc) is 2.39. The molecule has 20 heavy (non-hydrogen) atoms. The van der Waals surface area contributed by atoms with Gasteiger partial charge < -0.3 is 4.74 Å². The van der Waals surface area contributed by atoms with Crippen LogP contribution in [0.15, 0.2) is 29.2 Å². The first kappa shape index (κ1) is 17.8. The number of hydrogen-bond acceptors (Lipinski definition) is 3. The first-order valence-electron chi connectivity index (χ1n) is 7.09. The van der Waals surface area contributed by atoms with Crippen LogP contribution in [0.1, 0.15) is 26.3 Å². The summed E-state index contributed by atoms with van der Waals surface area (Å²) < 4.78 is 5.36. The summed E-state index contributed by atoms with van der Waals surface area (Å²) in [5, 5.41) is 0. The second kappa shape index (κ2) is 8.28. The van der Waals surface area contributed by atoms with Crippen LogP contribution < -0.4 is 0 Å². The number of nitrogens with zero attached hydrogens (tertiary/aromatic N) is 1. The van der Waals surface area contributed by atoms with Gasteiger partial charge in [-0.2, -0.15) is 0 Å². The van der Waals surface area contributed by atoms with Crippen molar-refractivity contribution in [3.8, 4) is 0 Å². The van der Waals surface area contributed by atoms with Crippen molar-refractivity contribution >= 4 is 24.2 Å². The molecule has 1 fully saturated rings. The van der Waals surface area contributed by atoms with Crippen molar-refractivity contribution in [1.29, 1.82) is 0 Å². The van der Waals surface area contributed by atoms with Gasteiger partial charge in [-0.15, -0.1) is 24.2 Å². The second-order valence-electron chi connectivity index (χ2n) is 6.08. The molecular weight excluding hydrogens is 290 g/mol. The predicted molar refractivity (Wildman–Crippen MR) is 90.4 cm³/mol. The molecule has 0 saturated carbocycles. The molecule has 0 unspecified atom stereocenters. The van der Waals surface area contributed by atoms with Gasteiger partial charge in [0.1, 0.15) is 0 Å². The standard InChI is InChI=1S/C16H25NOS.ClH/c1-16(2,3)14-4-6-15(7-5-14)19-13-10-17-8-11-18-12-9-17;/h4-7H,8-13H2,1-3H3;1H. The molecule has 2 nitrogen and oxygen atoms in total. The predicted octanol–water partition coefficient (Wildman–Crippen LogP) is 3.83. The zero-order valence-electron chi connectivity index (χ0n) is 12.7. The molecule has 0 amide bonds. The number of thioether (sulfide) groups is 1. The highest BCUT2D eigenvalue weighted by Crippen LogP contribution is 2.25. The molecule has 4 heteroatoms. The van der Waals surface area contributed by atoms with Crippen LogP contribution in [-0.2, 0) is 10.2 Å². The Morgan fingerprint density at radius 3 is 2.25 bits per heavy atom. The van der Waals surface area contributed by atoms with Gasteiger partial charge in [-0.05, 0) is 23.1 Å². The Hall–Kier alpha value is -0.220. The van der Waals surface area contributed by atoms with Crippen LogP contribution in [0.4, 0.5) is 0 Å².